The van der Waals surface area contributed by atoms with Gasteiger partial charge in [0.1, 0.15) is 0 Å². The quantitative estimate of drug-likeness (QED) is 0.834. The van der Waals surface area contributed by atoms with Crippen molar-refractivity contribution in [2.75, 3.05) is 13.6 Å². The van der Waals surface area contributed by atoms with Crippen LogP contribution in [0.4, 0.5) is 0 Å². The zero-order valence-electron chi connectivity index (χ0n) is 13.6. The second-order valence-corrected chi connectivity index (χ2v) is 6.74. The molecule has 5 nitrogen and oxygen atoms in total. The average Bonchev–Trinajstić information content (AvgIpc) is 3.32. The number of aliphatic hydroxyl groups excluding tert-OH is 1. The number of carbonyl (C=O) groups excluding carboxylic acids is 1. The summed E-state index contributed by atoms with van der Waals surface area (Å²) in [6, 6.07) is 7.32. The molecule has 0 radical (unpaired) electrons. The van der Waals surface area contributed by atoms with Gasteiger partial charge in [0.15, 0.2) is 11.7 Å². The number of aryl methyl sites for hydroxylation is 1. The molecule has 128 valence electrons. The predicted molar refractivity (Wildman–Crippen MR) is 91.6 cm³/mol. The Morgan fingerprint density at radius 2 is 2.12 bits per heavy atom. The summed E-state index contributed by atoms with van der Waals surface area (Å²) in [6.07, 6.45) is 4.13. The number of likely N-dealkylation sites (N-methyl/N-ethyl adjacent to an activating group) is 1. The number of amides is 1. The third kappa shape index (κ3) is 4.36. The SMILES string of the molecule is CN(CC(O)C1CC1)C(=O)CCc1ncc(-c2ccc(Cl)cc2)o1. The highest BCUT2D eigenvalue weighted by Crippen LogP contribution is 2.32. The van der Waals surface area contributed by atoms with Crippen LogP contribution in [0.1, 0.15) is 25.2 Å². The molecule has 2 aromatic rings. The highest BCUT2D eigenvalue weighted by Gasteiger charge is 2.31. The number of rotatable bonds is 7. The van der Waals surface area contributed by atoms with Crippen molar-refractivity contribution in [2.24, 2.45) is 5.92 Å². The molecule has 0 saturated heterocycles. The lowest BCUT2D eigenvalue weighted by atomic mass is 10.2. The van der Waals surface area contributed by atoms with Crippen LogP contribution < -0.4 is 0 Å². The van der Waals surface area contributed by atoms with Gasteiger partial charge in [0.05, 0.1) is 12.3 Å². The van der Waals surface area contributed by atoms with Crippen LogP contribution in [0.25, 0.3) is 11.3 Å². The van der Waals surface area contributed by atoms with Crippen molar-refractivity contribution >= 4 is 17.5 Å². The Balaban J connectivity index is 1.51. The molecular formula is C18H21ClN2O3. The van der Waals surface area contributed by atoms with E-state index >= 15 is 0 Å². The van der Waals surface area contributed by atoms with Crippen molar-refractivity contribution in [3.63, 3.8) is 0 Å². The fraction of sp³-hybridized carbons (Fsp3) is 0.444. The molecule has 1 unspecified atom stereocenters. The van der Waals surface area contributed by atoms with Gasteiger partial charge in [-0.25, -0.2) is 4.98 Å². The van der Waals surface area contributed by atoms with E-state index in [0.717, 1.165) is 18.4 Å². The highest BCUT2D eigenvalue weighted by atomic mass is 35.5. The van der Waals surface area contributed by atoms with Gasteiger partial charge in [-0.05, 0) is 43.0 Å². The first-order valence-corrected chi connectivity index (χ1v) is 8.53. The Hall–Kier alpha value is -1.85. The van der Waals surface area contributed by atoms with E-state index in [2.05, 4.69) is 4.98 Å². The van der Waals surface area contributed by atoms with Gasteiger partial charge >= 0.3 is 0 Å². The number of benzene rings is 1. The van der Waals surface area contributed by atoms with E-state index in [1.54, 1.807) is 30.3 Å². The van der Waals surface area contributed by atoms with Crippen LogP contribution in [-0.4, -0.2) is 40.6 Å². The molecule has 1 aliphatic carbocycles. The van der Waals surface area contributed by atoms with Crippen molar-refractivity contribution in [1.82, 2.24) is 9.88 Å². The van der Waals surface area contributed by atoms with E-state index in [1.165, 1.54) is 0 Å². The number of carbonyl (C=O) groups is 1. The Morgan fingerprint density at radius 3 is 2.79 bits per heavy atom. The van der Waals surface area contributed by atoms with Crippen molar-refractivity contribution in [3.05, 3.63) is 41.4 Å². The smallest absolute Gasteiger partial charge is 0.222 e. The van der Waals surface area contributed by atoms with E-state index in [1.807, 2.05) is 12.1 Å². The number of hydrogen-bond donors (Lipinski definition) is 1. The average molecular weight is 349 g/mol. The molecular weight excluding hydrogens is 328 g/mol. The number of oxazole rings is 1. The van der Waals surface area contributed by atoms with Crippen LogP contribution in [0.3, 0.4) is 0 Å². The number of halogens is 1. The minimum Gasteiger partial charge on any atom is -0.441 e. The largest absolute Gasteiger partial charge is 0.441 e. The summed E-state index contributed by atoms with van der Waals surface area (Å²) in [6.45, 7) is 0.394. The molecule has 1 aliphatic rings. The first-order valence-electron chi connectivity index (χ1n) is 8.15. The molecule has 1 heterocycles. The second-order valence-electron chi connectivity index (χ2n) is 6.30. The molecule has 1 aromatic heterocycles. The maximum atomic E-state index is 12.1. The monoisotopic (exact) mass is 348 g/mol. The molecule has 1 saturated carbocycles. The summed E-state index contributed by atoms with van der Waals surface area (Å²) in [7, 11) is 1.72. The van der Waals surface area contributed by atoms with Gasteiger partial charge in [0, 0.05) is 37.0 Å². The Bertz CT molecular complexity index is 695. The molecule has 6 heteroatoms. The highest BCUT2D eigenvalue weighted by molar-refractivity contribution is 6.30. The van der Waals surface area contributed by atoms with E-state index in [0.29, 0.717) is 42.0 Å². The van der Waals surface area contributed by atoms with Crippen molar-refractivity contribution in [1.29, 1.82) is 0 Å². The van der Waals surface area contributed by atoms with E-state index < -0.39 is 6.10 Å². The first kappa shape index (κ1) is 17.0. The number of aromatic nitrogens is 1. The van der Waals surface area contributed by atoms with Crippen LogP contribution >= 0.6 is 11.6 Å². The third-order valence-corrected chi connectivity index (χ3v) is 4.54. The molecule has 3 rings (SSSR count). The van der Waals surface area contributed by atoms with Crippen LogP contribution in [0.5, 0.6) is 0 Å². The van der Waals surface area contributed by atoms with Crippen LogP contribution in [0, 0.1) is 5.92 Å². The van der Waals surface area contributed by atoms with E-state index in [9.17, 15) is 9.90 Å². The standard InChI is InChI=1S/C18H21ClN2O3/c1-21(11-15(22)12-2-3-12)18(23)9-8-17-20-10-16(24-17)13-4-6-14(19)7-5-13/h4-7,10,12,15,22H,2-3,8-9,11H2,1H3. The predicted octanol–water partition coefficient (Wildman–Crippen LogP) is 3.16. The maximum Gasteiger partial charge on any atom is 0.222 e. The summed E-state index contributed by atoms with van der Waals surface area (Å²) < 4.78 is 5.69. The van der Waals surface area contributed by atoms with Crippen molar-refractivity contribution in [2.45, 2.75) is 31.8 Å². The van der Waals surface area contributed by atoms with Crippen LogP contribution in [0.15, 0.2) is 34.9 Å². The van der Waals surface area contributed by atoms with Gasteiger partial charge in [-0.2, -0.15) is 0 Å². The normalized spacial score (nSPS) is 15.3. The van der Waals surface area contributed by atoms with Crippen molar-refractivity contribution in [3.8, 4) is 11.3 Å². The minimum atomic E-state index is -0.405. The molecule has 1 N–H and O–H groups in total. The minimum absolute atomic E-state index is 0.0130. The zero-order valence-corrected chi connectivity index (χ0v) is 14.4. The Labute approximate surface area is 146 Å². The lowest BCUT2D eigenvalue weighted by Crippen LogP contribution is -2.35. The summed E-state index contributed by atoms with van der Waals surface area (Å²) in [5.41, 5.74) is 0.897. The van der Waals surface area contributed by atoms with Gasteiger partial charge in [-0.3, -0.25) is 4.79 Å². The topological polar surface area (TPSA) is 66.6 Å². The van der Waals surface area contributed by atoms with E-state index in [4.69, 9.17) is 16.0 Å². The third-order valence-electron chi connectivity index (χ3n) is 4.29. The number of nitrogens with zero attached hydrogens (tertiary/aromatic N) is 2. The van der Waals surface area contributed by atoms with Crippen LogP contribution in [0.2, 0.25) is 5.02 Å². The summed E-state index contributed by atoms with van der Waals surface area (Å²) >= 11 is 5.87. The fourth-order valence-electron chi connectivity index (χ4n) is 2.59. The van der Waals surface area contributed by atoms with Gasteiger partial charge in [0.2, 0.25) is 5.91 Å². The lowest BCUT2D eigenvalue weighted by Gasteiger charge is -2.20. The molecule has 0 spiro atoms. The maximum absolute atomic E-state index is 12.1. The van der Waals surface area contributed by atoms with Gasteiger partial charge in [-0.15, -0.1) is 0 Å². The molecule has 0 bridgehead atoms. The number of hydrogen-bond acceptors (Lipinski definition) is 4. The summed E-state index contributed by atoms with van der Waals surface area (Å²) in [5, 5.41) is 10.6. The van der Waals surface area contributed by atoms with E-state index in [-0.39, 0.29) is 5.91 Å². The van der Waals surface area contributed by atoms with Gasteiger partial charge < -0.3 is 14.4 Å². The Morgan fingerprint density at radius 1 is 1.42 bits per heavy atom. The summed E-state index contributed by atoms with van der Waals surface area (Å²) in [4.78, 5) is 18.0. The second kappa shape index (κ2) is 7.36. The fourth-order valence-corrected chi connectivity index (χ4v) is 2.72. The first-order chi connectivity index (χ1) is 11.5. The zero-order chi connectivity index (χ0) is 17.1. The molecule has 1 aromatic carbocycles. The van der Waals surface area contributed by atoms with Crippen molar-refractivity contribution < 1.29 is 14.3 Å². The molecule has 1 fully saturated rings. The summed E-state index contributed by atoms with van der Waals surface area (Å²) in [5.74, 6) is 1.55. The molecule has 1 amide bonds. The van der Waals surface area contributed by atoms with Gasteiger partial charge in [0.25, 0.3) is 0 Å². The Kier molecular flexibility index (Phi) is 5.21. The van der Waals surface area contributed by atoms with Crippen LogP contribution in [-0.2, 0) is 11.2 Å². The van der Waals surface area contributed by atoms with Gasteiger partial charge in [-0.1, -0.05) is 11.6 Å². The molecule has 1 atom stereocenters. The molecule has 24 heavy (non-hydrogen) atoms. The number of aliphatic hydroxyl groups is 1. The lowest BCUT2D eigenvalue weighted by molar-refractivity contribution is -0.131. The molecule has 0 aliphatic heterocycles.